The van der Waals surface area contributed by atoms with Crippen molar-refractivity contribution in [3.05, 3.63) is 59.1 Å². The van der Waals surface area contributed by atoms with Gasteiger partial charge in [0.25, 0.3) is 11.8 Å². The quantitative estimate of drug-likeness (QED) is 0.770. The molecule has 2 amide bonds. The van der Waals surface area contributed by atoms with E-state index >= 15 is 0 Å². The lowest BCUT2D eigenvalue weighted by atomic mass is 10.2. The lowest BCUT2D eigenvalue weighted by Crippen LogP contribution is -2.27. The van der Waals surface area contributed by atoms with Crippen LogP contribution >= 0.6 is 0 Å². The highest BCUT2D eigenvalue weighted by atomic mass is 19.1. The van der Waals surface area contributed by atoms with E-state index in [-0.39, 0.29) is 17.9 Å². The van der Waals surface area contributed by atoms with Crippen LogP contribution in [0.1, 0.15) is 27.3 Å². The number of hydrogen-bond donors (Lipinski definition) is 3. The minimum Gasteiger partial charge on any atom is -0.496 e. The van der Waals surface area contributed by atoms with Crippen molar-refractivity contribution in [2.45, 2.75) is 6.42 Å². The monoisotopic (exact) mass is 348 g/mol. The van der Waals surface area contributed by atoms with Crippen molar-refractivity contribution in [3.8, 4) is 0 Å². The molecule has 1 aromatic carbocycles. The number of carbonyl (C=O) groups excluding carboxylic acids is 2. The highest BCUT2D eigenvalue weighted by Gasteiger charge is 2.21. The van der Waals surface area contributed by atoms with Gasteiger partial charge in [-0.3, -0.25) is 14.7 Å². The van der Waals surface area contributed by atoms with Crippen LogP contribution in [0, 0.1) is 11.6 Å². The van der Waals surface area contributed by atoms with Gasteiger partial charge in [0, 0.05) is 6.42 Å². The van der Waals surface area contributed by atoms with Crippen LogP contribution < -0.4 is 10.6 Å². The number of H-pyrrole nitrogens is 1. The van der Waals surface area contributed by atoms with Gasteiger partial charge < -0.3 is 15.4 Å². The van der Waals surface area contributed by atoms with E-state index in [9.17, 15) is 18.4 Å². The van der Waals surface area contributed by atoms with Crippen LogP contribution in [-0.4, -0.2) is 35.2 Å². The number of halogens is 2. The Labute approximate surface area is 141 Å². The highest BCUT2D eigenvalue weighted by Crippen LogP contribution is 2.17. The zero-order valence-electron chi connectivity index (χ0n) is 12.9. The van der Waals surface area contributed by atoms with Crippen LogP contribution in [0.3, 0.4) is 0 Å². The van der Waals surface area contributed by atoms with Crippen LogP contribution in [0.5, 0.6) is 0 Å². The molecule has 25 heavy (non-hydrogen) atoms. The van der Waals surface area contributed by atoms with E-state index < -0.39 is 29.0 Å². The first-order valence-corrected chi connectivity index (χ1v) is 7.45. The van der Waals surface area contributed by atoms with E-state index in [2.05, 4.69) is 20.8 Å². The van der Waals surface area contributed by atoms with E-state index in [4.69, 9.17) is 4.74 Å². The predicted molar refractivity (Wildman–Crippen MR) is 83.9 cm³/mol. The van der Waals surface area contributed by atoms with E-state index in [1.807, 2.05) is 6.08 Å². The fourth-order valence-electron chi connectivity index (χ4n) is 2.30. The molecule has 0 unspecified atom stereocenters. The molecule has 0 saturated carbocycles. The Kier molecular flexibility index (Phi) is 4.73. The average Bonchev–Trinajstić information content (AvgIpc) is 3.24. The Morgan fingerprint density at radius 3 is 2.68 bits per heavy atom. The van der Waals surface area contributed by atoms with Crippen LogP contribution in [-0.2, 0) is 4.74 Å². The molecule has 0 fully saturated rings. The maximum Gasteiger partial charge on any atom is 0.271 e. The lowest BCUT2D eigenvalue weighted by Gasteiger charge is -2.08. The second-order valence-electron chi connectivity index (χ2n) is 5.20. The lowest BCUT2D eigenvalue weighted by molar-refractivity contribution is 0.0945. The number of nitrogens with zero attached hydrogens (tertiary/aromatic N) is 1. The first-order valence-electron chi connectivity index (χ1n) is 7.45. The zero-order chi connectivity index (χ0) is 17.8. The van der Waals surface area contributed by atoms with E-state index in [1.54, 1.807) is 0 Å². The molecular weight excluding hydrogens is 334 g/mol. The molecule has 3 N–H and O–H groups in total. The first-order chi connectivity index (χ1) is 12.1. The van der Waals surface area contributed by atoms with E-state index in [0.717, 1.165) is 24.6 Å². The number of anilines is 1. The van der Waals surface area contributed by atoms with Gasteiger partial charge in [-0.1, -0.05) is 6.07 Å². The summed E-state index contributed by atoms with van der Waals surface area (Å²) in [5.41, 5.74) is -0.769. The predicted octanol–water partition coefficient (Wildman–Crippen LogP) is 1.97. The Morgan fingerprint density at radius 2 is 2.00 bits per heavy atom. The molecular formula is C16H14F2N4O3. The topological polar surface area (TPSA) is 96.1 Å². The van der Waals surface area contributed by atoms with Gasteiger partial charge in [0.2, 0.25) is 0 Å². The molecule has 0 spiro atoms. The number of aromatic amines is 1. The van der Waals surface area contributed by atoms with Gasteiger partial charge in [-0.25, -0.2) is 8.78 Å². The third-order valence-corrected chi connectivity index (χ3v) is 3.50. The number of carbonyl (C=O) groups is 2. The number of ether oxygens (including phenoxy) is 1. The number of rotatable bonds is 5. The summed E-state index contributed by atoms with van der Waals surface area (Å²) in [5, 5.41) is 11.0. The molecule has 130 valence electrons. The van der Waals surface area contributed by atoms with Crippen molar-refractivity contribution in [2.75, 3.05) is 18.5 Å². The summed E-state index contributed by atoms with van der Waals surface area (Å²) in [4.78, 5) is 24.3. The molecule has 0 aliphatic carbocycles. The van der Waals surface area contributed by atoms with Crippen molar-refractivity contribution in [2.24, 2.45) is 0 Å². The van der Waals surface area contributed by atoms with E-state index in [1.165, 1.54) is 6.20 Å². The Balaban J connectivity index is 1.71. The fourth-order valence-corrected chi connectivity index (χ4v) is 2.30. The molecule has 2 aromatic rings. The third kappa shape index (κ3) is 3.65. The average molecular weight is 348 g/mol. The summed E-state index contributed by atoms with van der Waals surface area (Å²) in [7, 11) is 0. The van der Waals surface area contributed by atoms with Crippen molar-refractivity contribution in [1.29, 1.82) is 0 Å². The van der Waals surface area contributed by atoms with Gasteiger partial charge in [0.1, 0.15) is 28.7 Å². The molecule has 0 saturated heterocycles. The maximum atomic E-state index is 13.7. The Bertz CT molecular complexity index is 827. The van der Waals surface area contributed by atoms with E-state index in [0.29, 0.717) is 12.4 Å². The normalized spacial score (nSPS) is 13.1. The molecule has 2 heterocycles. The molecule has 0 radical (unpaired) electrons. The number of hydrogen-bond acceptors (Lipinski definition) is 4. The maximum absolute atomic E-state index is 13.7. The van der Waals surface area contributed by atoms with Gasteiger partial charge in [0.05, 0.1) is 25.0 Å². The minimum absolute atomic E-state index is 0.00599. The van der Waals surface area contributed by atoms with Gasteiger partial charge in [-0.05, 0) is 18.2 Å². The number of benzene rings is 1. The smallest absolute Gasteiger partial charge is 0.271 e. The largest absolute Gasteiger partial charge is 0.496 e. The number of amides is 2. The van der Waals surface area contributed by atoms with Crippen LogP contribution in [0.2, 0.25) is 0 Å². The molecule has 1 aliphatic rings. The molecule has 1 aromatic heterocycles. The molecule has 0 bridgehead atoms. The van der Waals surface area contributed by atoms with Crippen molar-refractivity contribution in [1.82, 2.24) is 15.5 Å². The second-order valence-corrected chi connectivity index (χ2v) is 5.20. The molecule has 9 heteroatoms. The third-order valence-electron chi connectivity index (χ3n) is 3.50. The molecule has 3 rings (SSSR count). The van der Waals surface area contributed by atoms with Crippen molar-refractivity contribution >= 4 is 17.5 Å². The second kappa shape index (κ2) is 7.12. The Morgan fingerprint density at radius 1 is 1.24 bits per heavy atom. The van der Waals surface area contributed by atoms with Gasteiger partial charge in [-0.2, -0.15) is 5.10 Å². The first kappa shape index (κ1) is 16.6. The summed E-state index contributed by atoms with van der Waals surface area (Å²) in [6.45, 7) is 0.762. The van der Waals surface area contributed by atoms with Gasteiger partial charge in [-0.15, -0.1) is 0 Å². The number of nitrogens with one attached hydrogen (secondary N) is 3. The van der Waals surface area contributed by atoms with Gasteiger partial charge in [0.15, 0.2) is 0 Å². The summed E-state index contributed by atoms with van der Waals surface area (Å²) >= 11 is 0. The summed E-state index contributed by atoms with van der Waals surface area (Å²) < 4.78 is 32.6. The highest BCUT2D eigenvalue weighted by molar-refractivity contribution is 6.08. The minimum atomic E-state index is -1.02. The standard InChI is InChI=1S/C16H14F2N4O3/c17-10-4-1-5-11(18)13(10)15(23)21-12-8-20-22-14(12)16(24)19-7-9-3-2-6-25-9/h1,3-5,8H,2,6-7H2,(H,19,24)(H,20,22)(H,21,23). The number of aromatic nitrogens is 2. The fraction of sp³-hybridized carbons (Fsp3) is 0.188. The van der Waals surface area contributed by atoms with Crippen LogP contribution in [0.25, 0.3) is 0 Å². The van der Waals surface area contributed by atoms with Crippen LogP contribution in [0.15, 0.2) is 36.2 Å². The van der Waals surface area contributed by atoms with Crippen molar-refractivity contribution < 1.29 is 23.1 Å². The SMILES string of the molecule is O=C(NCC1=CCCO1)c1[nH]ncc1NC(=O)c1c(F)cccc1F. The zero-order valence-corrected chi connectivity index (χ0v) is 12.9. The summed E-state index contributed by atoms with van der Waals surface area (Å²) in [6, 6.07) is 3.09. The Hall–Kier alpha value is -3.23. The molecule has 0 atom stereocenters. The summed E-state index contributed by atoms with van der Waals surface area (Å²) in [5.74, 6) is -2.92. The van der Waals surface area contributed by atoms with Crippen LogP contribution in [0.4, 0.5) is 14.5 Å². The van der Waals surface area contributed by atoms with Gasteiger partial charge >= 0.3 is 0 Å². The van der Waals surface area contributed by atoms with Crippen molar-refractivity contribution in [3.63, 3.8) is 0 Å². The molecule has 7 nitrogen and oxygen atoms in total. The molecule has 1 aliphatic heterocycles. The summed E-state index contributed by atoms with van der Waals surface area (Å²) in [6.07, 6.45) is 3.82.